The molecule has 0 bridgehead atoms. The maximum Gasteiger partial charge on any atom is 0.306 e. The van der Waals surface area contributed by atoms with E-state index < -0.39 is 5.60 Å². The number of hydrogen-bond donors (Lipinski definition) is 1. The van der Waals surface area contributed by atoms with Crippen LogP contribution in [-0.4, -0.2) is 22.5 Å². The van der Waals surface area contributed by atoms with Crippen LogP contribution in [0, 0.1) is 25.7 Å². The Kier molecular flexibility index (Phi) is 6.20. The molecular weight excluding hydrogens is 316 g/mol. The van der Waals surface area contributed by atoms with Gasteiger partial charge >= 0.3 is 5.97 Å². The van der Waals surface area contributed by atoms with Gasteiger partial charge in [-0.2, -0.15) is 0 Å². The van der Waals surface area contributed by atoms with Crippen molar-refractivity contribution in [2.75, 3.05) is 5.32 Å². The molecule has 1 N–H and O–H groups in total. The van der Waals surface area contributed by atoms with Crippen LogP contribution in [-0.2, 0) is 14.3 Å². The molecule has 1 amide bonds. The first-order valence-corrected chi connectivity index (χ1v) is 9.10. The summed E-state index contributed by atoms with van der Waals surface area (Å²) in [6.45, 7) is 9.62. The predicted molar refractivity (Wildman–Crippen MR) is 98.3 cm³/mol. The molecular formula is C20H30N2O3. The molecule has 0 saturated heterocycles. The Morgan fingerprint density at radius 2 is 1.96 bits per heavy atom. The standard InChI is InChI=1S/C20H30N2O3/c1-13-9-17(21-12-14(13)2)22-19(24)16-8-6-7-15(10-16)11-18(23)25-20(3,4)5/h9,12,15-16H,6-8,10-11H2,1-5H3,(H,21,22,24)/t15-,16+/m1/s1. The highest BCUT2D eigenvalue weighted by Crippen LogP contribution is 2.32. The summed E-state index contributed by atoms with van der Waals surface area (Å²) in [5.41, 5.74) is 1.75. The number of hydrogen-bond acceptors (Lipinski definition) is 4. The van der Waals surface area contributed by atoms with E-state index in [0.29, 0.717) is 12.2 Å². The number of ether oxygens (including phenoxy) is 1. The summed E-state index contributed by atoms with van der Waals surface area (Å²) in [7, 11) is 0. The molecule has 5 nitrogen and oxygen atoms in total. The fourth-order valence-electron chi connectivity index (χ4n) is 3.25. The van der Waals surface area contributed by atoms with E-state index in [1.165, 1.54) is 0 Å². The zero-order chi connectivity index (χ0) is 18.6. The molecule has 1 saturated carbocycles. The number of nitrogens with one attached hydrogen (secondary N) is 1. The third-order valence-electron chi connectivity index (χ3n) is 4.65. The van der Waals surface area contributed by atoms with E-state index in [0.717, 1.165) is 36.8 Å². The van der Waals surface area contributed by atoms with E-state index in [-0.39, 0.29) is 23.7 Å². The summed E-state index contributed by atoms with van der Waals surface area (Å²) in [6, 6.07) is 1.90. The Hall–Kier alpha value is -1.91. The van der Waals surface area contributed by atoms with Crippen LogP contribution in [0.25, 0.3) is 0 Å². The number of esters is 1. The third kappa shape index (κ3) is 6.15. The van der Waals surface area contributed by atoms with Crippen LogP contribution >= 0.6 is 0 Å². The Morgan fingerprint density at radius 3 is 2.60 bits per heavy atom. The number of nitrogens with zero attached hydrogens (tertiary/aromatic N) is 1. The van der Waals surface area contributed by atoms with Gasteiger partial charge in [0.1, 0.15) is 11.4 Å². The SMILES string of the molecule is Cc1cnc(NC(=O)[C@H]2CCC[C@@H](CC(=O)OC(C)(C)C)C2)cc1C. The minimum absolute atomic E-state index is 0.00430. The van der Waals surface area contributed by atoms with E-state index in [4.69, 9.17) is 4.74 Å². The topological polar surface area (TPSA) is 68.3 Å². The molecule has 1 aromatic rings. The minimum Gasteiger partial charge on any atom is -0.460 e. The molecule has 25 heavy (non-hydrogen) atoms. The molecule has 1 aliphatic rings. The zero-order valence-corrected chi connectivity index (χ0v) is 16.0. The number of pyridine rings is 1. The van der Waals surface area contributed by atoms with E-state index in [2.05, 4.69) is 10.3 Å². The maximum absolute atomic E-state index is 12.6. The normalized spacial score (nSPS) is 20.8. The van der Waals surface area contributed by atoms with Crippen LogP contribution in [0.3, 0.4) is 0 Å². The maximum atomic E-state index is 12.6. The molecule has 5 heteroatoms. The molecule has 0 aliphatic heterocycles. The molecule has 2 atom stereocenters. The van der Waals surface area contributed by atoms with Crippen molar-refractivity contribution in [2.24, 2.45) is 11.8 Å². The molecule has 0 aromatic carbocycles. The van der Waals surface area contributed by atoms with Crippen molar-refractivity contribution in [1.29, 1.82) is 0 Å². The van der Waals surface area contributed by atoms with E-state index in [1.807, 2.05) is 40.7 Å². The Morgan fingerprint density at radius 1 is 1.24 bits per heavy atom. The Bertz CT molecular complexity index is 634. The second-order valence-electron chi connectivity index (χ2n) is 8.16. The largest absolute Gasteiger partial charge is 0.460 e. The van der Waals surface area contributed by atoms with Gasteiger partial charge in [0.25, 0.3) is 0 Å². The molecule has 1 aliphatic carbocycles. The number of aromatic nitrogens is 1. The van der Waals surface area contributed by atoms with Gasteiger partial charge < -0.3 is 10.1 Å². The molecule has 1 aromatic heterocycles. The lowest BCUT2D eigenvalue weighted by molar-refractivity contribution is -0.156. The van der Waals surface area contributed by atoms with Gasteiger partial charge in [-0.1, -0.05) is 6.42 Å². The summed E-state index contributed by atoms with van der Waals surface area (Å²) in [5.74, 6) is 0.582. The lowest BCUT2D eigenvalue weighted by atomic mass is 9.79. The highest BCUT2D eigenvalue weighted by molar-refractivity contribution is 5.91. The van der Waals surface area contributed by atoms with Crippen LogP contribution < -0.4 is 5.32 Å². The van der Waals surface area contributed by atoms with Gasteiger partial charge in [0.05, 0.1) is 0 Å². The average Bonchev–Trinajstić information content (AvgIpc) is 2.49. The number of amides is 1. The van der Waals surface area contributed by atoms with Crippen molar-refractivity contribution < 1.29 is 14.3 Å². The van der Waals surface area contributed by atoms with Crippen LogP contribution in [0.4, 0.5) is 5.82 Å². The predicted octanol–water partition coefficient (Wildman–Crippen LogP) is 4.18. The molecule has 0 radical (unpaired) electrons. The number of carbonyl (C=O) groups excluding carboxylic acids is 2. The Balaban J connectivity index is 1.90. The molecule has 138 valence electrons. The summed E-state index contributed by atoms with van der Waals surface area (Å²) >= 11 is 0. The van der Waals surface area contributed by atoms with Crippen LogP contribution in [0.15, 0.2) is 12.3 Å². The number of aryl methyl sites for hydroxylation is 2. The first-order chi connectivity index (χ1) is 11.6. The van der Waals surface area contributed by atoms with Gasteiger partial charge in [0.2, 0.25) is 5.91 Å². The van der Waals surface area contributed by atoms with Gasteiger partial charge in [-0.25, -0.2) is 4.98 Å². The first-order valence-electron chi connectivity index (χ1n) is 9.10. The quantitative estimate of drug-likeness (QED) is 0.831. The molecule has 1 heterocycles. The number of rotatable bonds is 4. The zero-order valence-electron chi connectivity index (χ0n) is 16.0. The Labute approximate surface area is 150 Å². The van der Waals surface area contributed by atoms with Crippen molar-refractivity contribution in [3.63, 3.8) is 0 Å². The van der Waals surface area contributed by atoms with Gasteiger partial charge in [-0.05, 0) is 77.0 Å². The van der Waals surface area contributed by atoms with Crippen LogP contribution in [0.1, 0.15) is 64.0 Å². The lowest BCUT2D eigenvalue weighted by Crippen LogP contribution is -2.31. The number of anilines is 1. The summed E-state index contributed by atoms with van der Waals surface area (Å²) in [4.78, 5) is 28.9. The van der Waals surface area contributed by atoms with Crippen LogP contribution in [0.5, 0.6) is 0 Å². The van der Waals surface area contributed by atoms with Gasteiger partial charge in [-0.3, -0.25) is 9.59 Å². The van der Waals surface area contributed by atoms with Crippen molar-refractivity contribution in [3.05, 3.63) is 23.4 Å². The molecule has 1 fully saturated rings. The third-order valence-corrected chi connectivity index (χ3v) is 4.65. The van der Waals surface area contributed by atoms with Gasteiger partial charge in [-0.15, -0.1) is 0 Å². The molecule has 0 unspecified atom stereocenters. The van der Waals surface area contributed by atoms with Crippen molar-refractivity contribution in [1.82, 2.24) is 4.98 Å². The smallest absolute Gasteiger partial charge is 0.306 e. The van der Waals surface area contributed by atoms with Crippen LogP contribution in [0.2, 0.25) is 0 Å². The van der Waals surface area contributed by atoms with Crippen molar-refractivity contribution in [2.45, 2.75) is 72.3 Å². The molecule has 2 rings (SSSR count). The van der Waals surface area contributed by atoms with Crippen molar-refractivity contribution >= 4 is 17.7 Å². The lowest BCUT2D eigenvalue weighted by Gasteiger charge is -2.29. The minimum atomic E-state index is -0.461. The van der Waals surface area contributed by atoms with E-state index in [1.54, 1.807) is 6.20 Å². The summed E-state index contributed by atoms with van der Waals surface area (Å²) in [6.07, 6.45) is 5.70. The number of carbonyl (C=O) groups is 2. The fraction of sp³-hybridized carbons (Fsp3) is 0.650. The van der Waals surface area contributed by atoms with Gasteiger partial charge in [0.15, 0.2) is 0 Å². The molecule has 0 spiro atoms. The van der Waals surface area contributed by atoms with E-state index in [9.17, 15) is 9.59 Å². The van der Waals surface area contributed by atoms with Gasteiger partial charge in [0, 0.05) is 18.5 Å². The highest BCUT2D eigenvalue weighted by Gasteiger charge is 2.30. The summed E-state index contributed by atoms with van der Waals surface area (Å²) < 4.78 is 5.41. The fourth-order valence-corrected chi connectivity index (χ4v) is 3.25. The summed E-state index contributed by atoms with van der Waals surface area (Å²) in [5, 5.41) is 2.93. The van der Waals surface area contributed by atoms with E-state index >= 15 is 0 Å². The average molecular weight is 346 g/mol. The monoisotopic (exact) mass is 346 g/mol. The second kappa shape index (κ2) is 7.98. The highest BCUT2D eigenvalue weighted by atomic mass is 16.6. The van der Waals surface area contributed by atoms with Crippen molar-refractivity contribution in [3.8, 4) is 0 Å². The first kappa shape index (κ1) is 19.4. The second-order valence-corrected chi connectivity index (χ2v) is 8.16.